The minimum absolute atomic E-state index is 0.240. The Morgan fingerprint density at radius 2 is 2.00 bits per heavy atom. The van der Waals surface area contributed by atoms with Gasteiger partial charge in [-0.3, -0.25) is 0 Å². The van der Waals surface area contributed by atoms with Crippen LogP contribution in [0.15, 0.2) is 53.3 Å². The lowest BCUT2D eigenvalue weighted by Gasteiger charge is -2.02. The molecule has 0 saturated carbocycles. The highest BCUT2D eigenvalue weighted by Crippen LogP contribution is 2.06. The van der Waals surface area contributed by atoms with E-state index in [2.05, 4.69) is 0 Å². The van der Waals surface area contributed by atoms with E-state index in [9.17, 15) is 4.79 Å². The van der Waals surface area contributed by atoms with E-state index in [-0.39, 0.29) is 12.6 Å². The Hall–Kier alpha value is -2.03. The van der Waals surface area contributed by atoms with Crippen molar-refractivity contribution >= 4 is 5.97 Å². The van der Waals surface area contributed by atoms with E-state index >= 15 is 0 Å². The maximum atomic E-state index is 11.5. The molecule has 0 saturated heterocycles. The molecule has 0 fully saturated rings. The normalized spacial score (nSPS) is 9.87. The molecule has 0 bridgehead atoms. The predicted molar refractivity (Wildman–Crippen MR) is 54.3 cm³/mol. The molecule has 0 spiro atoms. The van der Waals surface area contributed by atoms with E-state index in [1.54, 1.807) is 42.9 Å². The predicted octanol–water partition coefficient (Wildman–Crippen LogP) is 2.64. The largest absolute Gasteiger partial charge is 0.472 e. The lowest BCUT2D eigenvalue weighted by molar-refractivity contribution is 0.0472. The van der Waals surface area contributed by atoms with Crippen molar-refractivity contribution in [3.05, 3.63) is 60.1 Å². The van der Waals surface area contributed by atoms with E-state index in [1.807, 2.05) is 6.07 Å². The minimum Gasteiger partial charge on any atom is -0.472 e. The van der Waals surface area contributed by atoms with Gasteiger partial charge in [0.15, 0.2) is 0 Å². The molecule has 2 aromatic rings. The maximum Gasteiger partial charge on any atom is 0.338 e. The molecule has 3 nitrogen and oxygen atoms in total. The van der Waals surface area contributed by atoms with Crippen molar-refractivity contribution in [3.63, 3.8) is 0 Å². The summed E-state index contributed by atoms with van der Waals surface area (Å²) in [4.78, 5) is 11.5. The van der Waals surface area contributed by atoms with Crippen molar-refractivity contribution in [2.45, 2.75) is 6.61 Å². The number of esters is 1. The number of hydrogen-bond acceptors (Lipinski definition) is 3. The van der Waals surface area contributed by atoms with Gasteiger partial charge in [0.25, 0.3) is 0 Å². The molecule has 76 valence electrons. The standard InChI is InChI=1S/C12H10O3/c13-12(11-4-2-1-3-5-11)15-9-10-6-7-14-8-10/h1-8H,9H2. The number of furan rings is 1. The summed E-state index contributed by atoms with van der Waals surface area (Å²) in [6, 6.07) is 10.7. The van der Waals surface area contributed by atoms with Crippen molar-refractivity contribution in [1.29, 1.82) is 0 Å². The van der Waals surface area contributed by atoms with Gasteiger partial charge < -0.3 is 9.15 Å². The fourth-order valence-corrected chi connectivity index (χ4v) is 1.18. The molecule has 0 unspecified atom stereocenters. The zero-order chi connectivity index (χ0) is 10.5. The van der Waals surface area contributed by atoms with E-state index in [4.69, 9.17) is 9.15 Å². The number of carbonyl (C=O) groups excluding carboxylic acids is 1. The summed E-state index contributed by atoms with van der Waals surface area (Å²) in [5, 5.41) is 0. The van der Waals surface area contributed by atoms with Crippen LogP contribution in [0.25, 0.3) is 0 Å². The Morgan fingerprint density at radius 3 is 2.67 bits per heavy atom. The Bertz CT molecular complexity index is 417. The number of rotatable bonds is 3. The molecule has 0 atom stereocenters. The molecule has 0 aliphatic heterocycles. The zero-order valence-electron chi connectivity index (χ0n) is 8.05. The summed E-state index contributed by atoms with van der Waals surface area (Å²) < 4.78 is 9.93. The fourth-order valence-electron chi connectivity index (χ4n) is 1.18. The highest BCUT2D eigenvalue weighted by Gasteiger charge is 2.06. The van der Waals surface area contributed by atoms with Crippen LogP contribution in [0.1, 0.15) is 15.9 Å². The Labute approximate surface area is 87.3 Å². The number of hydrogen-bond donors (Lipinski definition) is 0. The molecule has 3 heteroatoms. The van der Waals surface area contributed by atoms with Gasteiger partial charge in [0.05, 0.1) is 18.1 Å². The Balaban J connectivity index is 1.94. The lowest BCUT2D eigenvalue weighted by Crippen LogP contribution is -2.04. The van der Waals surface area contributed by atoms with Crippen LogP contribution in [-0.2, 0) is 11.3 Å². The first kappa shape index (κ1) is 9.52. The molecule has 1 heterocycles. The third-order valence-corrected chi connectivity index (χ3v) is 1.96. The molecule has 2 rings (SSSR count). The second-order valence-corrected chi connectivity index (χ2v) is 3.07. The molecule has 0 aliphatic carbocycles. The minimum atomic E-state index is -0.322. The van der Waals surface area contributed by atoms with Crippen LogP contribution in [-0.4, -0.2) is 5.97 Å². The van der Waals surface area contributed by atoms with Gasteiger partial charge in [-0.05, 0) is 18.2 Å². The quantitative estimate of drug-likeness (QED) is 0.718. The lowest BCUT2D eigenvalue weighted by atomic mass is 10.2. The highest BCUT2D eigenvalue weighted by atomic mass is 16.5. The monoisotopic (exact) mass is 202 g/mol. The van der Waals surface area contributed by atoms with Gasteiger partial charge in [-0.15, -0.1) is 0 Å². The second kappa shape index (κ2) is 4.46. The molecule has 15 heavy (non-hydrogen) atoms. The van der Waals surface area contributed by atoms with Gasteiger partial charge in [-0.2, -0.15) is 0 Å². The van der Waals surface area contributed by atoms with Crippen LogP contribution < -0.4 is 0 Å². The fraction of sp³-hybridized carbons (Fsp3) is 0.0833. The van der Waals surface area contributed by atoms with E-state index in [0.29, 0.717) is 5.56 Å². The molecular weight excluding hydrogens is 192 g/mol. The summed E-state index contributed by atoms with van der Waals surface area (Å²) in [6.07, 6.45) is 3.10. The van der Waals surface area contributed by atoms with Gasteiger partial charge in [0, 0.05) is 5.56 Å². The third kappa shape index (κ3) is 2.47. The van der Waals surface area contributed by atoms with Crippen LogP contribution in [0.5, 0.6) is 0 Å². The Kier molecular flexibility index (Phi) is 2.83. The Morgan fingerprint density at radius 1 is 1.20 bits per heavy atom. The van der Waals surface area contributed by atoms with Crippen LogP contribution in [0, 0.1) is 0 Å². The average molecular weight is 202 g/mol. The summed E-state index contributed by atoms with van der Waals surface area (Å²) in [6.45, 7) is 0.240. The topological polar surface area (TPSA) is 39.4 Å². The SMILES string of the molecule is O=C(OCc1ccoc1)c1ccccc1. The summed E-state index contributed by atoms with van der Waals surface area (Å²) >= 11 is 0. The number of ether oxygens (including phenoxy) is 1. The molecule has 0 aliphatic rings. The first-order valence-corrected chi connectivity index (χ1v) is 4.59. The molecular formula is C12H10O3. The second-order valence-electron chi connectivity index (χ2n) is 3.07. The smallest absolute Gasteiger partial charge is 0.338 e. The third-order valence-electron chi connectivity index (χ3n) is 1.96. The first-order valence-electron chi connectivity index (χ1n) is 4.59. The van der Waals surface area contributed by atoms with E-state index in [1.165, 1.54) is 0 Å². The summed E-state index contributed by atoms with van der Waals surface area (Å²) in [7, 11) is 0. The van der Waals surface area contributed by atoms with Crippen LogP contribution >= 0.6 is 0 Å². The molecule has 0 amide bonds. The van der Waals surface area contributed by atoms with Gasteiger partial charge in [0.2, 0.25) is 0 Å². The van der Waals surface area contributed by atoms with Crippen molar-refractivity contribution in [1.82, 2.24) is 0 Å². The van der Waals surface area contributed by atoms with Crippen LogP contribution in [0.3, 0.4) is 0 Å². The van der Waals surface area contributed by atoms with Gasteiger partial charge in [-0.1, -0.05) is 18.2 Å². The molecule has 1 aromatic carbocycles. The highest BCUT2D eigenvalue weighted by molar-refractivity contribution is 5.89. The van der Waals surface area contributed by atoms with E-state index in [0.717, 1.165) is 5.56 Å². The summed E-state index contributed by atoms with van der Waals surface area (Å²) in [5.41, 5.74) is 1.40. The van der Waals surface area contributed by atoms with Crippen molar-refractivity contribution in [3.8, 4) is 0 Å². The molecule has 1 aromatic heterocycles. The summed E-state index contributed by atoms with van der Waals surface area (Å²) in [5.74, 6) is -0.322. The first-order chi connectivity index (χ1) is 7.36. The van der Waals surface area contributed by atoms with Crippen molar-refractivity contribution < 1.29 is 13.9 Å². The maximum absolute atomic E-state index is 11.5. The van der Waals surface area contributed by atoms with Crippen molar-refractivity contribution in [2.75, 3.05) is 0 Å². The van der Waals surface area contributed by atoms with Crippen molar-refractivity contribution in [2.24, 2.45) is 0 Å². The number of benzene rings is 1. The molecule has 0 N–H and O–H groups in total. The van der Waals surface area contributed by atoms with Gasteiger partial charge in [-0.25, -0.2) is 4.79 Å². The number of carbonyl (C=O) groups is 1. The van der Waals surface area contributed by atoms with Gasteiger partial charge in [0.1, 0.15) is 6.61 Å². The van der Waals surface area contributed by atoms with E-state index < -0.39 is 0 Å². The average Bonchev–Trinajstić information content (AvgIpc) is 2.80. The molecule has 0 radical (unpaired) electrons. The van der Waals surface area contributed by atoms with Crippen LogP contribution in [0.2, 0.25) is 0 Å². The van der Waals surface area contributed by atoms with Gasteiger partial charge >= 0.3 is 5.97 Å². The van der Waals surface area contributed by atoms with Crippen LogP contribution in [0.4, 0.5) is 0 Å². The zero-order valence-corrected chi connectivity index (χ0v) is 8.05.